The third kappa shape index (κ3) is 3.65. The van der Waals surface area contributed by atoms with Crippen LogP contribution in [0.4, 0.5) is 0 Å². The van der Waals surface area contributed by atoms with E-state index >= 15 is 0 Å². The van der Waals surface area contributed by atoms with Crippen LogP contribution in [0.3, 0.4) is 0 Å². The summed E-state index contributed by atoms with van der Waals surface area (Å²) in [6.07, 6.45) is -0.907. The smallest absolute Gasteiger partial charge is 0.356 e. The molecule has 2 unspecified atom stereocenters. The van der Waals surface area contributed by atoms with Gasteiger partial charge in [0.2, 0.25) is 12.0 Å². The number of hydrogen-bond acceptors (Lipinski definition) is 7. The summed E-state index contributed by atoms with van der Waals surface area (Å²) in [5.41, 5.74) is 8.20. The fourth-order valence-corrected chi connectivity index (χ4v) is 4.64. The van der Waals surface area contributed by atoms with Gasteiger partial charge in [0.1, 0.15) is 29.7 Å². The lowest BCUT2D eigenvalue weighted by molar-refractivity contribution is -0.144. The van der Waals surface area contributed by atoms with Crippen molar-refractivity contribution in [3.63, 3.8) is 0 Å². The molecule has 0 fully saturated rings. The lowest BCUT2D eigenvalue weighted by Gasteiger charge is -2.28. The van der Waals surface area contributed by atoms with Gasteiger partial charge in [-0.05, 0) is 34.5 Å². The van der Waals surface area contributed by atoms with Crippen LogP contribution >= 0.6 is 0 Å². The Morgan fingerprint density at radius 3 is 2.56 bits per heavy atom. The van der Waals surface area contributed by atoms with Crippen LogP contribution in [0, 0.1) is 11.3 Å². The van der Waals surface area contributed by atoms with Crippen LogP contribution in [0.2, 0.25) is 0 Å². The Bertz CT molecular complexity index is 1580. The van der Waals surface area contributed by atoms with Crippen LogP contribution in [0.5, 0.6) is 23.0 Å². The van der Waals surface area contributed by atoms with E-state index in [1.54, 1.807) is 36.4 Å². The number of nitriles is 1. The number of ether oxygens (including phenoxy) is 4. The highest BCUT2D eigenvalue weighted by Crippen LogP contribution is 2.45. The van der Waals surface area contributed by atoms with E-state index < -0.39 is 18.0 Å². The number of fused-ring (bicyclic) bond motifs is 3. The maximum Gasteiger partial charge on any atom is 0.356 e. The molecule has 0 radical (unpaired) electrons. The number of esters is 1. The number of nitrogens with zero attached hydrogens (tertiary/aromatic N) is 1. The zero-order valence-electron chi connectivity index (χ0n) is 19.0. The van der Waals surface area contributed by atoms with E-state index in [0.29, 0.717) is 22.8 Å². The van der Waals surface area contributed by atoms with E-state index in [1.165, 1.54) is 0 Å². The molecule has 2 aliphatic rings. The highest BCUT2D eigenvalue weighted by atomic mass is 16.6. The summed E-state index contributed by atoms with van der Waals surface area (Å²) >= 11 is 0. The molecule has 0 aliphatic carbocycles. The standard InChI is InChI=1S/C29H20N2O5/c30-15-22-27(20-9-5-7-17-6-1-2-8-19(17)20)21-13-12-18(14-25(21)36-28(22)31)34-29(32)26-16-33-23-10-3-4-11-24(23)35-26/h1-14,26-27H,16,31H2. The number of allylic oxidation sites excluding steroid dienone is 1. The zero-order chi connectivity index (χ0) is 24.6. The average molecular weight is 476 g/mol. The lowest BCUT2D eigenvalue weighted by atomic mass is 9.81. The zero-order valence-corrected chi connectivity index (χ0v) is 19.0. The SMILES string of the molecule is N#CC1=C(N)Oc2cc(OC(=O)C3COc4ccccc4O3)ccc2C1c1cccc2ccccc12. The number of nitrogens with two attached hydrogens (primary N) is 1. The second-order valence-corrected chi connectivity index (χ2v) is 8.48. The fourth-order valence-electron chi connectivity index (χ4n) is 4.64. The molecule has 0 spiro atoms. The van der Waals surface area contributed by atoms with Crippen molar-refractivity contribution in [3.8, 4) is 29.1 Å². The van der Waals surface area contributed by atoms with E-state index in [0.717, 1.165) is 21.9 Å². The van der Waals surface area contributed by atoms with Gasteiger partial charge in [0.25, 0.3) is 0 Å². The largest absolute Gasteiger partial charge is 0.485 e. The lowest BCUT2D eigenvalue weighted by Crippen LogP contribution is -2.39. The summed E-state index contributed by atoms with van der Waals surface area (Å²) in [6.45, 7) is 0.0433. The third-order valence-electron chi connectivity index (χ3n) is 6.31. The van der Waals surface area contributed by atoms with E-state index in [9.17, 15) is 10.1 Å². The monoisotopic (exact) mass is 476 g/mol. The molecule has 7 heteroatoms. The van der Waals surface area contributed by atoms with Crippen molar-refractivity contribution >= 4 is 16.7 Å². The van der Waals surface area contributed by atoms with Crippen molar-refractivity contribution in [2.24, 2.45) is 5.73 Å². The van der Waals surface area contributed by atoms with Crippen LogP contribution in [-0.2, 0) is 4.79 Å². The van der Waals surface area contributed by atoms with Crippen LogP contribution in [0.15, 0.2) is 96.4 Å². The minimum atomic E-state index is -0.907. The maximum atomic E-state index is 12.8. The topological polar surface area (TPSA) is 104 Å². The Hall–Kier alpha value is -4.96. The maximum absolute atomic E-state index is 12.8. The first-order chi connectivity index (χ1) is 17.6. The minimum absolute atomic E-state index is 0.0204. The molecule has 2 atom stereocenters. The molecule has 0 bridgehead atoms. The van der Waals surface area contributed by atoms with Gasteiger partial charge in [-0.25, -0.2) is 4.79 Å². The van der Waals surface area contributed by atoms with E-state index in [1.807, 2.05) is 48.5 Å². The molecule has 2 N–H and O–H groups in total. The Kier molecular flexibility index (Phi) is 5.20. The molecule has 0 saturated carbocycles. The molecule has 36 heavy (non-hydrogen) atoms. The highest BCUT2D eigenvalue weighted by Gasteiger charge is 2.33. The summed E-state index contributed by atoms with van der Waals surface area (Å²) < 4.78 is 22.8. The second kappa shape index (κ2) is 8.67. The number of para-hydroxylation sites is 2. The first-order valence-corrected chi connectivity index (χ1v) is 11.4. The summed E-state index contributed by atoms with van der Waals surface area (Å²) in [5, 5.41) is 12.0. The van der Waals surface area contributed by atoms with Gasteiger partial charge < -0.3 is 24.7 Å². The van der Waals surface area contributed by atoms with Crippen molar-refractivity contribution in [2.75, 3.05) is 6.61 Å². The molecule has 0 amide bonds. The predicted octanol–water partition coefficient (Wildman–Crippen LogP) is 4.80. The molecular formula is C29H20N2O5. The second-order valence-electron chi connectivity index (χ2n) is 8.48. The summed E-state index contributed by atoms with van der Waals surface area (Å²) in [5.74, 6) is 0.755. The molecule has 2 heterocycles. The predicted molar refractivity (Wildman–Crippen MR) is 132 cm³/mol. The highest BCUT2D eigenvalue weighted by molar-refractivity contribution is 5.87. The van der Waals surface area contributed by atoms with Gasteiger partial charge in [-0.2, -0.15) is 5.26 Å². The van der Waals surface area contributed by atoms with Gasteiger partial charge in [0, 0.05) is 11.6 Å². The third-order valence-corrected chi connectivity index (χ3v) is 6.31. The molecule has 4 aromatic rings. The van der Waals surface area contributed by atoms with E-state index in [2.05, 4.69) is 6.07 Å². The quantitative estimate of drug-likeness (QED) is 0.334. The average Bonchev–Trinajstić information content (AvgIpc) is 2.91. The van der Waals surface area contributed by atoms with Crippen molar-refractivity contribution in [1.82, 2.24) is 0 Å². The summed E-state index contributed by atoms with van der Waals surface area (Å²) in [7, 11) is 0. The van der Waals surface area contributed by atoms with Crippen LogP contribution < -0.4 is 24.7 Å². The fraction of sp³-hybridized carbons (Fsp3) is 0.103. The Morgan fingerprint density at radius 1 is 0.917 bits per heavy atom. The molecular weight excluding hydrogens is 456 g/mol. The van der Waals surface area contributed by atoms with Crippen LogP contribution in [-0.4, -0.2) is 18.7 Å². The molecule has 6 rings (SSSR count). The summed E-state index contributed by atoms with van der Waals surface area (Å²) in [6, 6.07) is 28.4. The van der Waals surface area contributed by atoms with Crippen molar-refractivity contribution in [2.45, 2.75) is 12.0 Å². The van der Waals surface area contributed by atoms with Gasteiger partial charge in [0.05, 0.1) is 5.92 Å². The van der Waals surface area contributed by atoms with Gasteiger partial charge in [0.15, 0.2) is 11.5 Å². The van der Waals surface area contributed by atoms with Gasteiger partial charge in [-0.3, -0.25) is 0 Å². The Labute approximate surface area is 206 Å². The number of carbonyl (C=O) groups excluding carboxylic acids is 1. The Balaban J connectivity index is 1.32. The number of benzene rings is 4. The number of rotatable bonds is 3. The molecule has 0 aromatic heterocycles. The van der Waals surface area contributed by atoms with E-state index in [-0.39, 0.29) is 18.2 Å². The van der Waals surface area contributed by atoms with Crippen LogP contribution in [0.1, 0.15) is 17.0 Å². The van der Waals surface area contributed by atoms with E-state index in [4.69, 9.17) is 24.7 Å². The van der Waals surface area contributed by atoms with Gasteiger partial charge in [-0.1, -0.05) is 60.7 Å². The summed E-state index contributed by atoms with van der Waals surface area (Å²) in [4.78, 5) is 12.8. The van der Waals surface area contributed by atoms with Gasteiger partial charge in [-0.15, -0.1) is 0 Å². The number of hydrogen-bond donors (Lipinski definition) is 1. The van der Waals surface area contributed by atoms with Crippen LogP contribution in [0.25, 0.3) is 10.8 Å². The molecule has 4 aromatic carbocycles. The molecule has 2 aliphatic heterocycles. The first kappa shape index (κ1) is 21.6. The molecule has 7 nitrogen and oxygen atoms in total. The van der Waals surface area contributed by atoms with Crippen molar-refractivity contribution in [1.29, 1.82) is 5.26 Å². The van der Waals surface area contributed by atoms with Gasteiger partial charge >= 0.3 is 5.97 Å². The number of carbonyl (C=O) groups is 1. The first-order valence-electron chi connectivity index (χ1n) is 11.4. The van der Waals surface area contributed by atoms with Crippen molar-refractivity contribution in [3.05, 3.63) is 108 Å². The minimum Gasteiger partial charge on any atom is -0.485 e. The molecule has 0 saturated heterocycles. The van der Waals surface area contributed by atoms with Crippen molar-refractivity contribution < 1.29 is 23.7 Å². The Morgan fingerprint density at radius 2 is 1.69 bits per heavy atom. The molecule has 176 valence electrons. The normalized spacial score (nSPS) is 18.1.